The van der Waals surface area contributed by atoms with Crippen molar-refractivity contribution in [3.8, 4) is 0 Å². The summed E-state index contributed by atoms with van der Waals surface area (Å²) < 4.78 is 2.34. The number of carboxylic acid groups (broad SMARTS) is 1. The van der Waals surface area contributed by atoms with Gasteiger partial charge in [0.05, 0.1) is 10.7 Å². The lowest BCUT2D eigenvalue weighted by molar-refractivity contribution is -0.141. The Morgan fingerprint density at radius 1 is 1.77 bits per heavy atom. The van der Waals surface area contributed by atoms with E-state index in [1.165, 1.54) is 4.68 Å². The molecule has 1 unspecified atom stereocenters. The van der Waals surface area contributed by atoms with Crippen molar-refractivity contribution in [3.05, 3.63) is 16.9 Å². The summed E-state index contributed by atoms with van der Waals surface area (Å²) in [6, 6.07) is -0.480. The van der Waals surface area contributed by atoms with Gasteiger partial charge in [-0.2, -0.15) is 5.10 Å². The molecule has 1 aliphatic carbocycles. The summed E-state index contributed by atoms with van der Waals surface area (Å²) in [6.07, 6.45) is 5.30. The molecular weight excluding hydrogens is 236 g/mol. The maximum atomic E-state index is 10.9. The number of halogens is 1. The molecule has 2 rings (SSSR count). The molecular formula is C8H9BrN2O2. The Morgan fingerprint density at radius 2 is 2.46 bits per heavy atom. The first-order valence-electron chi connectivity index (χ1n) is 4.11. The Morgan fingerprint density at radius 3 is 2.85 bits per heavy atom. The van der Waals surface area contributed by atoms with Crippen LogP contribution >= 0.6 is 15.9 Å². The minimum atomic E-state index is -0.793. The zero-order valence-electron chi connectivity index (χ0n) is 6.85. The molecule has 0 radical (unpaired) electrons. The topological polar surface area (TPSA) is 55.1 Å². The zero-order chi connectivity index (χ0) is 9.42. The minimum absolute atomic E-state index is 0.268. The standard InChI is InChI=1S/C8H9BrN2O2/c9-6-3-10-11(4-6)7(8(12)13)5-1-2-5/h3-5,7H,1-2H2,(H,12,13). The number of hydrogen-bond acceptors (Lipinski definition) is 2. The number of carbonyl (C=O) groups is 1. The number of hydrogen-bond donors (Lipinski definition) is 1. The number of aromatic nitrogens is 2. The van der Waals surface area contributed by atoms with Gasteiger partial charge in [0.1, 0.15) is 0 Å². The van der Waals surface area contributed by atoms with E-state index >= 15 is 0 Å². The van der Waals surface area contributed by atoms with Crippen molar-refractivity contribution < 1.29 is 9.90 Å². The molecule has 0 spiro atoms. The van der Waals surface area contributed by atoms with E-state index < -0.39 is 12.0 Å². The molecule has 1 saturated carbocycles. The molecule has 1 aliphatic rings. The second kappa shape index (κ2) is 3.14. The second-order valence-corrected chi connectivity index (χ2v) is 4.17. The van der Waals surface area contributed by atoms with Gasteiger partial charge in [0.25, 0.3) is 0 Å². The van der Waals surface area contributed by atoms with E-state index in [1.54, 1.807) is 12.4 Å². The predicted octanol–water partition coefficient (Wildman–Crippen LogP) is 1.68. The lowest BCUT2D eigenvalue weighted by Crippen LogP contribution is -2.21. The monoisotopic (exact) mass is 244 g/mol. The second-order valence-electron chi connectivity index (χ2n) is 3.26. The first kappa shape index (κ1) is 8.74. The van der Waals surface area contributed by atoms with Crippen molar-refractivity contribution in [1.82, 2.24) is 9.78 Å². The van der Waals surface area contributed by atoms with Gasteiger partial charge in [0.15, 0.2) is 6.04 Å². The summed E-state index contributed by atoms with van der Waals surface area (Å²) in [5, 5.41) is 13.0. The van der Waals surface area contributed by atoms with Crippen molar-refractivity contribution in [2.45, 2.75) is 18.9 Å². The largest absolute Gasteiger partial charge is 0.480 e. The van der Waals surface area contributed by atoms with Gasteiger partial charge < -0.3 is 5.11 Å². The zero-order valence-corrected chi connectivity index (χ0v) is 8.44. The van der Waals surface area contributed by atoms with Crippen LogP contribution in [0.4, 0.5) is 0 Å². The van der Waals surface area contributed by atoms with Gasteiger partial charge in [0, 0.05) is 6.20 Å². The number of nitrogens with zero attached hydrogens (tertiary/aromatic N) is 2. The third-order valence-electron chi connectivity index (χ3n) is 2.18. The molecule has 0 aromatic carbocycles. The Balaban J connectivity index is 2.24. The Labute approximate surface area is 83.7 Å². The molecule has 0 bridgehead atoms. The number of carboxylic acids is 1. The molecule has 1 fully saturated rings. The van der Waals surface area contributed by atoms with Crippen molar-refractivity contribution in [2.24, 2.45) is 5.92 Å². The van der Waals surface area contributed by atoms with E-state index in [-0.39, 0.29) is 5.92 Å². The van der Waals surface area contributed by atoms with Crippen LogP contribution < -0.4 is 0 Å². The van der Waals surface area contributed by atoms with E-state index in [2.05, 4.69) is 21.0 Å². The fourth-order valence-corrected chi connectivity index (χ4v) is 1.71. The molecule has 0 aliphatic heterocycles. The van der Waals surface area contributed by atoms with Crippen LogP contribution in [0.25, 0.3) is 0 Å². The molecule has 1 atom stereocenters. The molecule has 4 nitrogen and oxygen atoms in total. The van der Waals surface area contributed by atoms with Gasteiger partial charge in [-0.3, -0.25) is 4.68 Å². The van der Waals surface area contributed by atoms with Crippen LogP contribution in [-0.4, -0.2) is 20.9 Å². The lowest BCUT2D eigenvalue weighted by Gasteiger charge is -2.10. The van der Waals surface area contributed by atoms with Crippen molar-refractivity contribution >= 4 is 21.9 Å². The highest BCUT2D eigenvalue weighted by molar-refractivity contribution is 9.10. The van der Waals surface area contributed by atoms with E-state index in [4.69, 9.17) is 5.11 Å². The quantitative estimate of drug-likeness (QED) is 0.881. The molecule has 5 heteroatoms. The third-order valence-corrected chi connectivity index (χ3v) is 2.59. The molecule has 13 heavy (non-hydrogen) atoms. The highest BCUT2D eigenvalue weighted by atomic mass is 79.9. The van der Waals surface area contributed by atoms with Gasteiger partial charge in [-0.15, -0.1) is 0 Å². The lowest BCUT2D eigenvalue weighted by atomic mass is 10.2. The van der Waals surface area contributed by atoms with Crippen LogP contribution in [0.3, 0.4) is 0 Å². The first-order valence-corrected chi connectivity index (χ1v) is 4.90. The van der Waals surface area contributed by atoms with Crippen molar-refractivity contribution in [2.75, 3.05) is 0 Å². The van der Waals surface area contributed by atoms with Crippen LogP contribution in [0.2, 0.25) is 0 Å². The number of aliphatic carboxylic acids is 1. The highest BCUT2D eigenvalue weighted by Crippen LogP contribution is 2.39. The maximum absolute atomic E-state index is 10.9. The predicted molar refractivity (Wildman–Crippen MR) is 49.3 cm³/mol. The summed E-state index contributed by atoms with van der Waals surface area (Å²) in [5.74, 6) is -0.526. The third kappa shape index (κ3) is 1.75. The van der Waals surface area contributed by atoms with Gasteiger partial charge in [0.2, 0.25) is 0 Å². The van der Waals surface area contributed by atoms with E-state index in [0.717, 1.165) is 17.3 Å². The molecule has 1 N–H and O–H groups in total. The highest BCUT2D eigenvalue weighted by Gasteiger charge is 2.38. The van der Waals surface area contributed by atoms with Gasteiger partial charge in [-0.25, -0.2) is 4.79 Å². The summed E-state index contributed by atoms with van der Waals surface area (Å²) in [6.45, 7) is 0. The van der Waals surface area contributed by atoms with Crippen molar-refractivity contribution in [3.63, 3.8) is 0 Å². The first-order chi connectivity index (χ1) is 6.18. The normalized spacial score (nSPS) is 18.5. The number of rotatable bonds is 3. The van der Waals surface area contributed by atoms with Crippen LogP contribution in [-0.2, 0) is 4.79 Å². The summed E-state index contributed by atoms with van der Waals surface area (Å²) in [7, 11) is 0. The SMILES string of the molecule is O=C(O)C(C1CC1)n1cc(Br)cn1. The minimum Gasteiger partial charge on any atom is -0.480 e. The summed E-state index contributed by atoms with van der Waals surface area (Å²) in [5.41, 5.74) is 0. The average Bonchev–Trinajstić information content (AvgIpc) is 2.76. The van der Waals surface area contributed by atoms with E-state index in [9.17, 15) is 4.79 Å². The smallest absolute Gasteiger partial charge is 0.328 e. The fraction of sp³-hybridized carbons (Fsp3) is 0.500. The van der Waals surface area contributed by atoms with Crippen LogP contribution in [0.15, 0.2) is 16.9 Å². The van der Waals surface area contributed by atoms with E-state index in [1.807, 2.05) is 0 Å². The molecule has 1 aromatic heterocycles. The van der Waals surface area contributed by atoms with E-state index in [0.29, 0.717) is 0 Å². The Hall–Kier alpha value is -0.840. The molecule has 0 saturated heterocycles. The van der Waals surface area contributed by atoms with Gasteiger partial charge >= 0.3 is 5.97 Å². The summed E-state index contributed by atoms with van der Waals surface area (Å²) in [4.78, 5) is 10.9. The molecule has 1 aromatic rings. The average molecular weight is 245 g/mol. The summed E-state index contributed by atoms with van der Waals surface area (Å²) >= 11 is 3.24. The maximum Gasteiger partial charge on any atom is 0.328 e. The fourth-order valence-electron chi connectivity index (χ4n) is 1.41. The Bertz CT molecular complexity index is 333. The van der Waals surface area contributed by atoms with Crippen LogP contribution in [0, 0.1) is 5.92 Å². The van der Waals surface area contributed by atoms with Crippen LogP contribution in [0.1, 0.15) is 18.9 Å². The van der Waals surface area contributed by atoms with Crippen LogP contribution in [0.5, 0.6) is 0 Å². The van der Waals surface area contributed by atoms with Crippen molar-refractivity contribution in [1.29, 1.82) is 0 Å². The van der Waals surface area contributed by atoms with Gasteiger partial charge in [-0.1, -0.05) is 0 Å². The molecule has 1 heterocycles. The molecule has 0 amide bonds. The molecule has 70 valence electrons. The Kier molecular flexibility index (Phi) is 2.11. The van der Waals surface area contributed by atoms with Gasteiger partial charge in [-0.05, 0) is 34.7 Å².